The Morgan fingerprint density at radius 3 is 2.70 bits per heavy atom. The molecule has 2 heterocycles. The summed E-state index contributed by atoms with van der Waals surface area (Å²) in [6.45, 7) is 4.23. The molecule has 0 spiro atoms. The summed E-state index contributed by atoms with van der Waals surface area (Å²) in [5.74, 6) is 0.313. The molecule has 0 atom stereocenters. The van der Waals surface area contributed by atoms with E-state index in [1.807, 2.05) is 17.0 Å². The summed E-state index contributed by atoms with van der Waals surface area (Å²) in [7, 11) is 0. The van der Waals surface area contributed by atoms with Gasteiger partial charge in [-0.25, -0.2) is 4.98 Å². The van der Waals surface area contributed by atoms with Crippen LogP contribution in [0.3, 0.4) is 0 Å². The number of amides is 2. The van der Waals surface area contributed by atoms with E-state index < -0.39 is 0 Å². The number of hydrogen-bond donors (Lipinski definition) is 2. The number of anilines is 1. The predicted octanol–water partition coefficient (Wildman–Crippen LogP) is 3.19. The van der Waals surface area contributed by atoms with E-state index in [0.29, 0.717) is 35.8 Å². The van der Waals surface area contributed by atoms with Crippen molar-refractivity contribution in [3.8, 4) is 0 Å². The van der Waals surface area contributed by atoms with E-state index in [1.165, 1.54) is 11.3 Å². The molecule has 27 heavy (non-hydrogen) atoms. The molecule has 0 saturated carbocycles. The third-order valence-electron chi connectivity index (χ3n) is 4.62. The number of likely N-dealkylation sites (tertiary alicyclic amines) is 1. The van der Waals surface area contributed by atoms with Crippen molar-refractivity contribution in [1.29, 1.82) is 0 Å². The Labute approximate surface area is 169 Å². The first-order valence-corrected chi connectivity index (χ1v) is 9.80. The van der Waals surface area contributed by atoms with Gasteiger partial charge in [-0.15, -0.1) is 23.7 Å². The summed E-state index contributed by atoms with van der Waals surface area (Å²) in [6, 6.07) is 7.14. The fourth-order valence-electron chi connectivity index (χ4n) is 3.00. The second-order valence-electron chi connectivity index (χ2n) is 6.64. The van der Waals surface area contributed by atoms with Gasteiger partial charge in [0.25, 0.3) is 11.8 Å². The number of carbonyl (C=O) groups is 2. The van der Waals surface area contributed by atoms with Gasteiger partial charge in [0.15, 0.2) is 0 Å². The van der Waals surface area contributed by atoms with Gasteiger partial charge < -0.3 is 16.0 Å². The Hall–Kier alpha value is -1.96. The third kappa shape index (κ3) is 5.28. The lowest BCUT2D eigenvalue weighted by molar-refractivity contribution is 0.0698. The van der Waals surface area contributed by atoms with E-state index in [0.717, 1.165) is 30.9 Å². The summed E-state index contributed by atoms with van der Waals surface area (Å²) in [4.78, 5) is 31.6. The maximum absolute atomic E-state index is 12.9. The lowest BCUT2D eigenvalue weighted by Gasteiger charge is -2.30. The van der Waals surface area contributed by atoms with Gasteiger partial charge >= 0.3 is 0 Å². The van der Waals surface area contributed by atoms with Crippen LogP contribution in [0, 0.1) is 5.92 Å². The van der Waals surface area contributed by atoms with Crippen molar-refractivity contribution in [2.75, 3.05) is 25.0 Å². The van der Waals surface area contributed by atoms with Crippen molar-refractivity contribution in [1.82, 2.24) is 9.88 Å². The van der Waals surface area contributed by atoms with Crippen molar-refractivity contribution in [2.24, 2.45) is 11.7 Å². The SMILES string of the molecule is CC1CCN(C(=O)c2ccccc2NC(=O)c2csc(CCN)n2)CC1.Cl. The van der Waals surface area contributed by atoms with Gasteiger partial charge in [0.1, 0.15) is 5.69 Å². The molecule has 6 nitrogen and oxygen atoms in total. The smallest absolute Gasteiger partial charge is 0.275 e. The molecular weight excluding hydrogens is 384 g/mol. The van der Waals surface area contributed by atoms with Gasteiger partial charge in [-0.2, -0.15) is 0 Å². The number of piperidine rings is 1. The number of para-hydroxylation sites is 1. The minimum absolute atomic E-state index is 0. The molecule has 0 radical (unpaired) electrons. The summed E-state index contributed by atoms with van der Waals surface area (Å²) in [5.41, 5.74) is 6.92. The standard InChI is InChI=1S/C19H24N4O2S.ClH/c1-13-7-10-23(11-8-13)19(25)14-4-2-3-5-15(14)22-18(24)16-12-26-17(21-16)6-9-20;/h2-5,12-13H,6-11,20H2,1H3,(H,22,24);1H. The van der Waals surface area contributed by atoms with Crippen molar-refractivity contribution in [3.63, 3.8) is 0 Å². The number of nitrogens with one attached hydrogen (secondary N) is 1. The first-order valence-electron chi connectivity index (χ1n) is 8.92. The quantitative estimate of drug-likeness (QED) is 0.795. The van der Waals surface area contributed by atoms with Crippen LogP contribution in [0.4, 0.5) is 5.69 Å². The van der Waals surface area contributed by atoms with E-state index in [-0.39, 0.29) is 24.2 Å². The van der Waals surface area contributed by atoms with Crippen LogP contribution in [0.2, 0.25) is 0 Å². The van der Waals surface area contributed by atoms with E-state index in [9.17, 15) is 9.59 Å². The molecule has 2 aromatic rings. The second-order valence-corrected chi connectivity index (χ2v) is 7.58. The van der Waals surface area contributed by atoms with Gasteiger partial charge in [-0.05, 0) is 37.4 Å². The molecule has 1 aliphatic heterocycles. The van der Waals surface area contributed by atoms with Crippen LogP contribution in [0.1, 0.15) is 45.6 Å². The summed E-state index contributed by atoms with van der Waals surface area (Å²) in [6.07, 6.45) is 2.69. The van der Waals surface area contributed by atoms with Crippen molar-refractivity contribution >= 4 is 41.2 Å². The first-order chi connectivity index (χ1) is 12.6. The van der Waals surface area contributed by atoms with Crippen LogP contribution in [-0.4, -0.2) is 41.3 Å². The minimum atomic E-state index is -0.308. The van der Waals surface area contributed by atoms with Gasteiger partial charge in [-0.1, -0.05) is 19.1 Å². The van der Waals surface area contributed by atoms with Gasteiger partial charge in [-0.3, -0.25) is 9.59 Å². The van der Waals surface area contributed by atoms with E-state index in [4.69, 9.17) is 5.73 Å². The highest BCUT2D eigenvalue weighted by atomic mass is 35.5. The van der Waals surface area contributed by atoms with Crippen LogP contribution < -0.4 is 11.1 Å². The van der Waals surface area contributed by atoms with Crippen molar-refractivity contribution in [2.45, 2.75) is 26.2 Å². The number of nitrogens with two attached hydrogens (primary N) is 1. The van der Waals surface area contributed by atoms with E-state index in [2.05, 4.69) is 17.2 Å². The maximum atomic E-state index is 12.9. The molecule has 0 unspecified atom stereocenters. The lowest BCUT2D eigenvalue weighted by atomic mass is 9.98. The van der Waals surface area contributed by atoms with E-state index in [1.54, 1.807) is 17.5 Å². The minimum Gasteiger partial charge on any atom is -0.339 e. The molecule has 1 aromatic heterocycles. The fraction of sp³-hybridized carbons (Fsp3) is 0.421. The molecule has 3 rings (SSSR count). The topological polar surface area (TPSA) is 88.3 Å². The zero-order valence-corrected chi connectivity index (χ0v) is 16.9. The predicted molar refractivity (Wildman–Crippen MR) is 111 cm³/mol. The molecule has 8 heteroatoms. The fourth-order valence-corrected chi connectivity index (χ4v) is 3.79. The Bertz CT molecular complexity index is 788. The lowest BCUT2D eigenvalue weighted by Crippen LogP contribution is -2.38. The molecule has 146 valence electrons. The normalized spacial score (nSPS) is 14.5. The highest BCUT2D eigenvalue weighted by Crippen LogP contribution is 2.23. The van der Waals surface area contributed by atoms with Crippen LogP contribution in [0.15, 0.2) is 29.6 Å². The van der Waals surface area contributed by atoms with Crippen LogP contribution >= 0.6 is 23.7 Å². The first kappa shape index (κ1) is 21.3. The number of hydrogen-bond acceptors (Lipinski definition) is 5. The number of halogens is 1. The summed E-state index contributed by atoms with van der Waals surface area (Å²) in [5, 5.41) is 5.39. The Morgan fingerprint density at radius 2 is 2.00 bits per heavy atom. The Balaban J connectivity index is 0.00000261. The highest BCUT2D eigenvalue weighted by Gasteiger charge is 2.24. The zero-order chi connectivity index (χ0) is 18.5. The summed E-state index contributed by atoms with van der Waals surface area (Å²) < 4.78 is 0. The zero-order valence-electron chi connectivity index (χ0n) is 15.3. The maximum Gasteiger partial charge on any atom is 0.275 e. The van der Waals surface area contributed by atoms with E-state index >= 15 is 0 Å². The summed E-state index contributed by atoms with van der Waals surface area (Å²) >= 11 is 1.42. The molecule has 0 bridgehead atoms. The average Bonchev–Trinajstić information content (AvgIpc) is 3.11. The van der Waals surface area contributed by atoms with Gasteiger partial charge in [0.2, 0.25) is 0 Å². The van der Waals surface area contributed by atoms with Gasteiger partial charge in [0.05, 0.1) is 16.3 Å². The molecule has 1 aromatic carbocycles. The molecular formula is C19H25ClN4O2S. The molecule has 1 saturated heterocycles. The number of nitrogens with zero attached hydrogens (tertiary/aromatic N) is 2. The molecule has 0 aliphatic carbocycles. The van der Waals surface area contributed by atoms with Crippen LogP contribution in [-0.2, 0) is 6.42 Å². The Morgan fingerprint density at radius 1 is 1.30 bits per heavy atom. The third-order valence-corrected chi connectivity index (χ3v) is 5.53. The largest absolute Gasteiger partial charge is 0.339 e. The van der Waals surface area contributed by atoms with Crippen LogP contribution in [0.25, 0.3) is 0 Å². The molecule has 3 N–H and O–H groups in total. The molecule has 1 fully saturated rings. The number of carbonyl (C=O) groups excluding carboxylic acids is 2. The molecule has 1 aliphatic rings. The van der Waals surface area contributed by atoms with Crippen LogP contribution in [0.5, 0.6) is 0 Å². The number of thiazole rings is 1. The number of rotatable bonds is 5. The number of aromatic nitrogens is 1. The average molecular weight is 409 g/mol. The highest BCUT2D eigenvalue weighted by molar-refractivity contribution is 7.09. The van der Waals surface area contributed by atoms with Crippen molar-refractivity contribution in [3.05, 3.63) is 45.9 Å². The number of benzene rings is 1. The monoisotopic (exact) mass is 408 g/mol. The second kappa shape index (κ2) is 9.82. The van der Waals surface area contributed by atoms with Crippen molar-refractivity contribution < 1.29 is 9.59 Å². The van der Waals surface area contributed by atoms with Gasteiger partial charge in [0, 0.05) is 24.9 Å². The molecule has 2 amide bonds. The Kier molecular flexibility index (Phi) is 7.77.